The summed E-state index contributed by atoms with van der Waals surface area (Å²) >= 11 is 0. The molecule has 0 amide bonds. The van der Waals surface area contributed by atoms with Gasteiger partial charge in [0.05, 0.1) is 23.0 Å². The van der Waals surface area contributed by atoms with Crippen LogP contribution >= 0.6 is 0 Å². The van der Waals surface area contributed by atoms with E-state index in [1.54, 1.807) is 0 Å². The van der Waals surface area contributed by atoms with Crippen molar-refractivity contribution in [2.45, 2.75) is 37.5 Å². The van der Waals surface area contributed by atoms with Gasteiger partial charge in [0, 0.05) is 22.1 Å². The Labute approximate surface area is 258 Å². The lowest BCUT2D eigenvalue weighted by atomic mass is 9.67. The number of nitrogens with zero attached hydrogens (tertiary/aromatic N) is 3. The molecule has 5 aromatic carbocycles. The summed E-state index contributed by atoms with van der Waals surface area (Å²) in [6, 6.07) is 46.9. The van der Waals surface area contributed by atoms with E-state index in [9.17, 15) is 5.26 Å². The van der Waals surface area contributed by atoms with Gasteiger partial charge in [-0.05, 0) is 64.4 Å². The number of hydrogen-bond acceptors (Lipinski definition) is 3. The maximum absolute atomic E-state index is 9.77. The van der Waals surface area contributed by atoms with E-state index < -0.39 is 0 Å². The summed E-state index contributed by atoms with van der Waals surface area (Å²) < 4.78 is 0. The Morgan fingerprint density at radius 1 is 0.523 bits per heavy atom. The number of benzene rings is 5. The first-order valence-electron chi connectivity index (χ1n) is 15.5. The Kier molecular flexibility index (Phi) is 6.42. The number of fused-ring (bicyclic) bond motifs is 5. The zero-order valence-corrected chi connectivity index (χ0v) is 24.5. The fraction of sp³-hybridized carbons (Fsp3) is 0.146. The molecule has 2 aliphatic carbocycles. The van der Waals surface area contributed by atoms with Crippen LogP contribution in [0.4, 0.5) is 0 Å². The number of hydrogen-bond donors (Lipinski definition) is 0. The molecule has 3 nitrogen and oxygen atoms in total. The predicted octanol–water partition coefficient (Wildman–Crippen LogP) is 10.2. The van der Waals surface area contributed by atoms with E-state index in [-0.39, 0.29) is 5.41 Å². The lowest BCUT2D eigenvalue weighted by molar-refractivity contribution is 0.353. The second-order valence-corrected chi connectivity index (χ2v) is 12.0. The van der Waals surface area contributed by atoms with Gasteiger partial charge in [0.15, 0.2) is 5.82 Å². The maximum Gasteiger partial charge on any atom is 0.160 e. The zero-order chi connectivity index (χ0) is 29.5. The van der Waals surface area contributed by atoms with Crippen molar-refractivity contribution < 1.29 is 0 Å². The third-order valence-electron chi connectivity index (χ3n) is 9.54. The minimum absolute atomic E-state index is 0.0511. The van der Waals surface area contributed by atoms with Gasteiger partial charge in [0.2, 0.25) is 0 Å². The number of nitriles is 1. The lowest BCUT2D eigenvalue weighted by Gasteiger charge is -2.36. The van der Waals surface area contributed by atoms with Gasteiger partial charge < -0.3 is 0 Å². The van der Waals surface area contributed by atoms with Crippen molar-refractivity contribution in [1.29, 1.82) is 5.26 Å². The highest BCUT2D eigenvalue weighted by Gasteiger charge is 2.44. The molecule has 0 aliphatic heterocycles. The SMILES string of the molecule is N#Cc1ccc2c(c1)-c1c(-c3ccc(-c4cc(-c5ccccc5)nc(-c5ccccc5)n4)cc3)cccc1C21CCCCC1. The maximum atomic E-state index is 9.77. The van der Waals surface area contributed by atoms with Gasteiger partial charge in [-0.1, -0.05) is 128 Å². The average Bonchev–Trinajstić information content (AvgIpc) is 3.37. The third-order valence-corrected chi connectivity index (χ3v) is 9.54. The van der Waals surface area contributed by atoms with Crippen molar-refractivity contribution in [3.63, 3.8) is 0 Å². The van der Waals surface area contributed by atoms with Crippen molar-refractivity contribution >= 4 is 0 Å². The highest BCUT2D eigenvalue weighted by Crippen LogP contribution is 2.58. The molecular weight excluding hydrogens is 534 g/mol. The van der Waals surface area contributed by atoms with Crippen molar-refractivity contribution in [1.82, 2.24) is 9.97 Å². The Morgan fingerprint density at radius 3 is 1.84 bits per heavy atom. The highest BCUT2D eigenvalue weighted by atomic mass is 14.9. The van der Waals surface area contributed by atoms with Gasteiger partial charge >= 0.3 is 0 Å². The second kappa shape index (κ2) is 10.7. The van der Waals surface area contributed by atoms with Gasteiger partial charge in [0.25, 0.3) is 0 Å². The molecule has 3 heteroatoms. The Bertz CT molecular complexity index is 1970. The van der Waals surface area contributed by atoms with E-state index >= 15 is 0 Å². The van der Waals surface area contributed by atoms with Gasteiger partial charge in [0.1, 0.15) is 0 Å². The van der Waals surface area contributed by atoms with E-state index in [0.29, 0.717) is 0 Å². The molecule has 6 aromatic rings. The first kappa shape index (κ1) is 26.3. The van der Waals surface area contributed by atoms with E-state index in [2.05, 4.69) is 91.0 Å². The van der Waals surface area contributed by atoms with Crippen LogP contribution in [0.5, 0.6) is 0 Å². The summed E-state index contributed by atoms with van der Waals surface area (Å²) in [5.41, 5.74) is 13.5. The van der Waals surface area contributed by atoms with E-state index in [4.69, 9.17) is 9.97 Å². The molecule has 2 aliphatic rings. The van der Waals surface area contributed by atoms with Gasteiger partial charge in [-0.3, -0.25) is 0 Å². The van der Waals surface area contributed by atoms with Crippen LogP contribution < -0.4 is 0 Å². The second-order valence-electron chi connectivity index (χ2n) is 12.0. The largest absolute Gasteiger partial charge is 0.228 e. The molecule has 0 atom stereocenters. The minimum atomic E-state index is 0.0511. The van der Waals surface area contributed by atoms with Crippen LogP contribution in [0, 0.1) is 11.3 Å². The van der Waals surface area contributed by atoms with E-state index in [1.807, 2.05) is 42.5 Å². The molecule has 1 fully saturated rings. The summed E-state index contributed by atoms with van der Waals surface area (Å²) in [5.74, 6) is 0.717. The summed E-state index contributed by atoms with van der Waals surface area (Å²) in [6.07, 6.45) is 6.12. The minimum Gasteiger partial charge on any atom is -0.228 e. The predicted molar refractivity (Wildman–Crippen MR) is 178 cm³/mol. The molecule has 1 saturated carbocycles. The van der Waals surface area contributed by atoms with Crippen LogP contribution in [-0.4, -0.2) is 9.97 Å². The Hall–Kier alpha value is -5.33. The van der Waals surface area contributed by atoms with Crippen LogP contribution in [0.25, 0.3) is 56.2 Å². The lowest BCUT2D eigenvalue weighted by Crippen LogP contribution is -2.28. The summed E-state index contributed by atoms with van der Waals surface area (Å²) in [4.78, 5) is 9.97. The van der Waals surface area contributed by atoms with Gasteiger partial charge in [-0.15, -0.1) is 0 Å². The Balaban J connectivity index is 1.24. The summed E-state index contributed by atoms with van der Waals surface area (Å²) in [5, 5.41) is 9.77. The van der Waals surface area contributed by atoms with Crippen molar-refractivity contribution in [2.24, 2.45) is 0 Å². The first-order valence-corrected chi connectivity index (χ1v) is 15.5. The van der Waals surface area contributed by atoms with Crippen molar-refractivity contribution in [2.75, 3.05) is 0 Å². The molecule has 0 bridgehead atoms. The van der Waals surface area contributed by atoms with Gasteiger partial charge in [-0.2, -0.15) is 5.26 Å². The quantitative estimate of drug-likeness (QED) is 0.214. The zero-order valence-electron chi connectivity index (χ0n) is 24.5. The number of aromatic nitrogens is 2. The van der Waals surface area contributed by atoms with Crippen molar-refractivity contribution in [3.05, 3.63) is 144 Å². The molecular formula is C41H31N3. The molecule has 0 radical (unpaired) electrons. The van der Waals surface area contributed by atoms with Crippen LogP contribution in [0.3, 0.4) is 0 Å². The van der Waals surface area contributed by atoms with E-state index in [1.165, 1.54) is 65.5 Å². The summed E-state index contributed by atoms with van der Waals surface area (Å²) in [6.45, 7) is 0. The molecule has 0 unspecified atom stereocenters. The van der Waals surface area contributed by atoms with Crippen LogP contribution in [0.1, 0.15) is 48.8 Å². The summed E-state index contributed by atoms with van der Waals surface area (Å²) in [7, 11) is 0. The highest BCUT2D eigenvalue weighted by molar-refractivity contribution is 5.93. The first-order chi connectivity index (χ1) is 21.7. The third kappa shape index (κ3) is 4.34. The fourth-order valence-electron chi connectivity index (χ4n) is 7.45. The van der Waals surface area contributed by atoms with Crippen LogP contribution in [-0.2, 0) is 5.41 Å². The Morgan fingerprint density at radius 2 is 1.16 bits per heavy atom. The van der Waals surface area contributed by atoms with Crippen LogP contribution in [0.2, 0.25) is 0 Å². The molecule has 0 saturated heterocycles. The molecule has 1 spiro atoms. The standard InChI is InChI=1S/C41H31N3/c42-27-28-17-22-35-34(25-28)39-33(15-10-16-36(39)41(35)23-8-3-9-24-41)29-18-20-31(21-19-29)38-26-37(30-11-4-1-5-12-30)43-40(44-38)32-13-6-2-7-14-32/h1-2,4-7,10-22,25-26H,3,8-9,23-24H2. The molecule has 210 valence electrons. The average molecular weight is 566 g/mol. The molecule has 1 heterocycles. The fourth-order valence-corrected chi connectivity index (χ4v) is 7.45. The number of rotatable bonds is 4. The van der Waals surface area contributed by atoms with Gasteiger partial charge in [-0.25, -0.2) is 9.97 Å². The van der Waals surface area contributed by atoms with Crippen molar-refractivity contribution in [3.8, 4) is 62.2 Å². The molecule has 44 heavy (non-hydrogen) atoms. The monoisotopic (exact) mass is 565 g/mol. The topological polar surface area (TPSA) is 49.6 Å². The van der Waals surface area contributed by atoms with Crippen LogP contribution in [0.15, 0.2) is 127 Å². The smallest absolute Gasteiger partial charge is 0.160 e. The normalized spacial score (nSPS) is 14.5. The molecule has 0 N–H and O–H groups in total. The molecule has 8 rings (SSSR count). The molecule has 1 aromatic heterocycles. The van der Waals surface area contributed by atoms with E-state index in [0.717, 1.165) is 39.5 Å².